The molecule has 2 amide bonds. The van der Waals surface area contributed by atoms with Crippen LogP contribution in [0.4, 0.5) is 0 Å². The van der Waals surface area contributed by atoms with Crippen molar-refractivity contribution in [3.8, 4) is 0 Å². The number of amides is 2. The summed E-state index contributed by atoms with van der Waals surface area (Å²) >= 11 is 7.27. The van der Waals surface area contributed by atoms with E-state index in [1.165, 1.54) is 11.8 Å². The molecular formula is C22H19ClN2O5S2. The first-order chi connectivity index (χ1) is 15.3. The van der Waals surface area contributed by atoms with Crippen molar-refractivity contribution in [1.29, 1.82) is 0 Å². The van der Waals surface area contributed by atoms with Gasteiger partial charge in [-0.05, 0) is 35.4 Å². The second-order valence-corrected chi connectivity index (χ2v) is 10.3. The number of carbonyl (C=O) groups is 3. The van der Waals surface area contributed by atoms with Gasteiger partial charge in [-0.15, -0.1) is 11.8 Å². The number of rotatable bonds is 7. The molecule has 0 aliphatic carbocycles. The standard InChI is InChI=1S/C22H19ClN2O5S2/c23-15-6-8-16(9-7-15)31-11-14-12-32(30)21-18(20(27)25(21)19(14)22(28)29)24-17(26)10-13-4-2-1-3-5-13/h1-9,18,21H,10-12H2,(H,24,26)(H,28,29)/t18?,21-,32?/m1/s1. The molecule has 166 valence electrons. The second kappa shape index (κ2) is 9.48. The normalized spacial score (nSPS) is 22.2. The highest BCUT2D eigenvalue weighted by Crippen LogP contribution is 2.36. The predicted octanol–water partition coefficient (Wildman–Crippen LogP) is 2.43. The molecule has 0 bridgehead atoms. The Labute approximate surface area is 196 Å². The molecule has 2 aliphatic rings. The van der Waals surface area contributed by atoms with E-state index < -0.39 is 34.1 Å². The Bertz CT molecular complexity index is 1120. The summed E-state index contributed by atoms with van der Waals surface area (Å²) in [5, 5.41) is 12.1. The van der Waals surface area contributed by atoms with Gasteiger partial charge in [-0.25, -0.2) is 4.79 Å². The maximum Gasteiger partial charge on any atom is 0.352 e. The number of fused-ring (bicyclic) bond motifs is 1. The van der Waals surface area contributed by atoms with Gasteiger partial charge in [0.2, 0.25) is 5.91 Å². The van der Waals surface area contributed by atoms with Crippen molar-refractivity contribution in [3.05, 3.63) is 76.5 Å². The van der Waals surface area contributed by atoms with Crippen molar-refractivity contribution in [2.24, 2.45) is 0 Å². The summed E-state index contributed by atoms with van der Waals surface area (Å²) in [5.74, 6) is -1.88. The minimum absolute atomic E-state index is 0.0295. The van der Waals surface area contributed by atoms with Gasteiger partial charge in [0.1, 0.15) is 17.1 Å². The summed E-state index contributed by atoms with van der Waals surface area (Å²) < 4.78 is 12.9. The molecule has 3 atom stereocenters. The Morgan fingerprint density at radius 1 is 1.16 bits per heavy atom. The number of nitrogens with zero attached hydrogens (tertiary/aromatic N) is 1. The molecule has 0 spiro atoms. The Morgan fingerprint density at radius 3 is 2.50 bits per heavy atom. The maximum absolute atomic E-state index is 12.9. The molecule has 2 aromatic carbocycles. The Balaban J connectivity index is 1.48. The van der Waals surface area contributed by atoms with Gasteiger partial charge in [-0.2, -0.15) is 0 Å². The molecule has 0 radical (unpaired) electrons. The van der Waals surface area contributed by atoms with Crippen molar-refractivity contribution in [2.45, 2.75) is 22.7 Å². The van der Waals surface area contributed by atoms with Crippen LogP contribution in [-0.4, -0.2) is 54.9 Å². The molecule has 1 saturated heterocycles. The second-order valence-electron chi connectivity index (χ2n) is 7.33. The molecule has 2 unspecified atom stereocenters. The molecular weight excluding hydrogens is 472 g/mol. The number of halogens is 1. The minimum Gasteiger partial charge on any atom is -0.477 e. The zero-order valence-corrected chi connectivity index (χ0v) is 19.1. The summed E-state index contributed by atoms with van der Waals surface area (Å²) in [5.41, 5.74) is 1.06. The van der Waals surface area contributed by atoms with Gasteiger partial charge in [0.05, 0.1) is 23.0 Å². The highest BCUT2D eigenvalue weighted by molar-refractivity contribution is 7.99. The van der Waals surface area contributed by atoms with Crippen LogP contribution in [0.2, 0.25) is 5.02 Å². The monoisotopic (exact) mass is 490 g/mol. The molecule has 10 heteroatoms. The molecule has 2 aliphatic heterocycles. The van der Waals surface area contributed by atoms with Gasteiger partial charge in [0.15, 0.2) is 0 Å². The quantitative estimate of drug-likeness (QED) is 0.456. The van der Waals surface area contributed by atoms with Crippen molar-refractivity contribution in [2.75, 3.05) is 11.5 Å². The average molecular weight is 491 g/mol. The van der Waals surface area contributed by atoms with E-state index in [9.17, 15) is 23.7 Å². The lowest BCUT2D eigenvalue weighted by Crippen LogP contribution is -2.73. The SMILES string of the molecule is O=C(Cc1ccccc1)NC1C(=O)N2C(C(=O)O)=C(CSc3ccc(Cl)cc3)CS(=O)[C@H]12. The fraction of sp³-hybridized carbons (Fsp3) is 0.227. The van der Waals surface area contributed by atoms with E-state index in [1.54, 1.807) is 24.3 Å². The first-order valence-corrected chi connectivity index (χ1v) is 12.5. The number of hydrogen-bond donors (Lipinski definition) is 2. The van der Waals surface area contributed by atoms with E-state index in [4.69, 9.17) is 11.6 Å². The molecule has 4 rings (SSSR count). The smallest absolute Gasteiger partial charge is 0.352 e. The van der Waals surface area contributed by atoms with Crippen LogP contribution in [0, 0.1) is 0 Å². The van der Waals surface area contributed by atoms with E-state index in [2.05, 4.69) is 5.32 Å². The summed E-state index contributed by atoms with van der Waals surface area (Å²) in [4.78, 5) is 39.0. The number of aliphatic carboxylic acids is 1. The predicted molar refractivity (Wildman–Crippen MR) is 123 cm³/mol. The Kier molecular flexibility index (Phi) is 6.68. The van der Waals surface area contributed by atoms with Crippen LogP contribution in [-0.2, 0) is 31.6 Å². The number of β-lactam (4-membered cyclic amide) rings is 1. The van der Waals surface area contributed by atoms with Gasteiger partial charge < -0.3 is 10.4 Å². The highest BCUT2D eigenvalue weighted by Gasteiger charge is 2.57. The first-order valence-electron chi connectivity index (χ1n) is 9.72. The van der Waals surface area contributed by atoms with Gasteiger partial charge in [-0.1, -0.05) is 41.9 Å². The number of carboxylic acids is 1. The van der Waals surface area contributed by atoms with Gasteiger partial charge in [-0.3, -0.25) is 18.7 Å². The summed E-state index contributed by atoms with van der Waals surface area (Å²) in [6.45, 7) is 0. The van der Waals surface area contributed by atoms with Crippen LogP contribution in [0.1, 0.15) is 5.56 Å². The number of carboxylic acid groups (broad SMARTS) is 1. The van der Waals surface area contributed by atoms with Crippen molar-refractivity contribution >= 4 is 51.9 Å². The molecule has 2 aromatic rings. The number of hydrogen-bond acceptors (Lipinski definition) is 5. The third-order valence-corrected chi connectivity index (χ3v) is 8.16. The Hall–Kier alpha value is -2.62. The maximum atomic E-state index is 12.9. The van der Waals surface area contributed by atoms with Gasteiger partial charge in [0.25, 0.3) is 5.91 Å². The van der Waals surface area contributed by atoms with Crippen LogP contribution < -0.4 is 5.32 Å². The fourth-order valence-corrected chi connectivity index (χ4v) is 6.52. The third kappa shape index (κ3) is 4.60. The van der Waals surface area contributed by atoms with E-state index in [0.29, 0.717) is 10.6 Å². The van der Waals surface area contributed by atoms with E-state index in [1.807, 2.05) is 30.3 Å². The number of thioether (sulfide) groups is 1. The summed E-state index contributed by atoms with van der Waals surface area (Å²) in [7, 11) is -1.54. The van der Waals surface area contributed by atoms with Crippen LogP contribution in [0.5, 0.6) is 0 Å². The average Bonchev–Trinajstić information content (AvgIpc) is 2.77. The number of benzene rings is 2. The number of carbonyl (C=O) groups excluding carboxylic acids is 2. The first kappa shape index (κ1) is 22.6. The lowest BCUT2D eigenvalue weighted by atomic mass is 10.0. The zero-order chi connectivity index (χ0) is 22.8. The lowest BCUT2D eigenvalue weighted by molar-refractivity contribution is -0.150. The minimum atomic E-state index is -1.54. The molecule has 1 fully saturated rings. The molecule has 7 nitrogen and oxygen atoms in total. The molecule has 0 saturated carbocycles. The topological polar surface area (TPSA) is 104 Å². The Morgan fingerprint density at radius 2 is 1.84 bits per heavy atom. The molecule has 2 heterocycles. The molecule has 2 N–H and O–H groups in total. The molecule has 0 aromatic heterocycles. The van der Waals surface area contributed by atoms with Crippen LogP contribution >= 0.6 is 23.4 Å². The van der Waals surface area contributed by atoms with E-state index in [0.717, 1.165) is 15.4 Å². The largest absolute Gasteiger partial charge is 0.477 e. The third-order valence-electron chi connectivity index (χ3n) is 5.16. The summed E-state index contributed by atoms with van der Waals surface area (Å²) in [6, 6.07) is 15.1. The number of nitrogens with one attached hydrogen (secondary N) is 1. The van der Waals surface area contributed by atoms with Gasteiger partial charge in [0, 0.05) is 15.7 Å². The fourth-order valence-electron chi connectivity index (χ4n) is 3.67. The van der Waals surface area contributed by atoms with Crippen molar-refractivity contribution < 1.29 is 23.7 Å². The van der Waals surface area contributed by atoms with Gasteiger partial charge >= 0.3 is 5.97 Å². The van der Waals surface area contributed by atoms with Crippen LogP contribution in [0.3, 0.4) is 0 Å². The van der Waals surface area contributed by atoms with Crippen LogP contribution in [0.25, 0.3) is 0 Å². The van der Waals surface area contributed by atoms with Crippen molar-refractivity contribution in [3.63, 3.8) is 0 Å². The van der Waals surface area contributed by atoms with Crippen LogP contribution in [0.15, 0.2) is 70.8 Å². The highest BCUT2D eigenvalue weighted by atomic mass is 35.5. The van der Waals surface area contributed by atoms with E-state index in [-0.39, 0.29) is 29.5 Å². The van der Waals surface area contributed by atoms with E-state index >= 15 is 0 Å². The molecule has 32 heavy (non-hydrogen) atoms. The lowest BCUT2D eigenvalue weighted by Gasteiger charge is -2.49. The van der Waals surface area contributed by atoms with Crippen molar-refractivity contribution in [1.82, 2.24) is 10.2 Å². The zero-order valence-electron chi connectivity index (χ0n) is 16.7. The summed E-state index contributed by atoms with van der Waals surface area (Å²) in [6.07, 6.45) is 0.0780.